The Balaban J connectivity index is 0.000000451. The first-order chi connectivity index (χ1) is 15.6. The van der Waals surface area contributed by atoms with Gasteiger partial charge in [0.2, 0.25) is 5.91 Å². The van der Waals surface area contributed by atoms with E-state index in [-0.39, 0.29) is 21.3 Å². The zero-order chi connectivity index (χ0) is 24.9. The maximum absolute atomic E-state index is 12.8. The number of rotatable bonds is 11. The zero-order valence-corrected chi connectivity index (χ0v) is 21.0. The Morgan fingerprint density at radius 3 is 2.21 bits per heavy atom. The summed E-state index contributed by atoms with van der Waals surface area (Å²) < 4.78 is 26.9. The number of benzene rings is 2. The molecule has 2 aromatic rings. The van der Waals surface area contributed by atoms with Crippen LogP contribution in [-0.2, 0) is 14.8 Å². The first-order valence-electron chi connectivity index (χ1n) is 10.8. The zero-order valence-electron chi connectivity index (χ0n) is 19.2. The van der Waals surface area contributed by atoms with Gasteiger partial charge in [-0.25, -0.2) is 18.6 Å². The molecule has 2 rings (SSSR count). The van der Waals surface area contributed by atoms with Gasteiger partial charge in [0.15, 0.2) is 0 Å². The van der Waals surface area contributed by atoms with Crippen molar-refractivity contribution in [2.75, 3.05) is 18.4 Å². The summed E-state index contributed by atoms with van der Waals surface area (Å²) in [5, 5.41) is 11.7. The number of para-hydroxylation sites is 1. The van der Waals surface area contributed by atoms with Crippen LogP contribution in [0.4, 0.5) is 5.69 Å². The molecule has 0 aliphatic rings. The maximum atomic E-state index is 12.8. The first kappa shape index (κ1) is 28.6. The number of hydrogen-bond donors (Lipinski definition) is 4. The van der Waals surface area contributed by atoms with Crippen molar-refractivity contribution in [1.29, 1.82) is 0 Å². The molecule has 0 fully saturated rings. The van der Waals surface area contributed by atoms with Crippen molar-refractivity contribution in [1.82, 2.24) is 9.84 Å². The third-order valence-electron chi connectivity index (χ3n) is 4.40. The molecule has 33 heavy (non-hydrogen) atoms. The summed E-state index contributed by atoms with van der Waals surface area (Å²) in [6.45, 7) is 6.36. The lowest BCUT2D eigenvalue weighted by molar-refractivity contribution is -0.114. The van der Waals surface area contributed by atoms with Crippen molar-refractivity contribution in [3.05, 3.63) is 54.1 Å². The summed E-state index contributed by atoms with van der Waals surface area (Å²) in [5.74, 6) is -1.21. The van der Waals surface area contributed by atoms with Crippen LogP contribution in [0.1, 0.15) is 56.8 Å². The van der Waals surface area contributed by atoms with E-state index in [4.69, 9.17) is 5.11 Å². The van der Waals surface area contributed by atoms with E-state index in [0.29, 0.717) is 19.5 Å². The molecule has 2 aromatic carbocycles. The predicted molar refractivity (Wildman–Crippen MR) is 133 cm³/mol. The lowest BCUT2D eigenvalue weighted by Gasteiger charge is -2.23. The topological polar surface area (TPSA) is 116 Å². The van der Waals surface area contributed by atoms with Crippen LogP contribution >= 0.6 is 12.6 Å². The van der Waals surface area contributed by atoms with Crippen LogP contribution < -0.4 is 10.7 Å². The Morgan fingerprint density at radius 1 is 1.03 bits per heavy atom. The van der Waals surface area contributed by atoms with Gasteiger partial charge in [-0.1, -0.05) is 44.9 Å². The van der Waals surface area contributed by atoms with Gasteiger partial charge in [-0.05, 0) is 43.2 Å². The minimum absolute atomic E-state index is 0.0359. The number of carboxylic acids is 1. The number of aromatic carboxylic acids is 1. The van der Waals surface area contributed by atoms with E-state index in [0.717, 1.165) is 31.0 Å². The Kier molecular flexibility index (Phi) is 12.7. The molecule has 182 valence electrons. The molecule has 0 bridgehead atoms. The second-order valence-corrected chi connectivity index (χ2v) is 9.54. The molecule has 3 N–H and O–H groups in total. The smallest absolute Gasteiger partial charge is 0.335 e. The Labute approximate surface area is 201 Å². The fourth-order valence-electron chi connectivity index (χ4n) is 2.66. The van der Waals surface area contributed by atoms with E-state index in [2.05, 4.69) is 23.4 Å². The van der Waals surface area contributed by atoms with Gasteiger partial charge < -0.3 is 10.4 Å². The number of nitrogens with zero attached hydrogens (tertiary/aromatic N) is 1. The molecule has 0 atom stereocenters. The summed E-state index contributed by atoms with van der Waals surface area (Å²) in [4.78, 5) is 21.7. The van der Waals surface area contributed by atoms with E-state index in [1.54, 1.807) is 0 Å². The Bertz CT molecular complexity index is 998. The molecule has 0 saturated carbocycles. The number of hydrogen-bond acceptors (Lipinski definition) is 6. The van der Waals surface area contributed by atoms with Crippen molar-refractivity contribution < 1.29 is 23.1 Å². The van der Waals surface area contributed by atoms with Gasteiger partial charge in [-0.15, -0.1) is 17.0 Å². The number of unbranched alkanes of at least 4 members (excludes halogenated alkanes) is 2. The SMILES string of the molecule is CC(=O)Nc1ccccc1.CCCCNN(CCCC)S(=O)(=O)c1cc(C(=O)O)ccc1S. The highest BCUT2D eigenvalue weighted by Gasteiger charge is 2.27. The highest BCUT2D eigenvalue weighted by atomic mass is 32.2. The van der Waals surface area contributed by atoms with Crippen molar-refractivity contribution >= 4 is 40.2 Å². The molecule has 0 aliphatic carbocycles. The second-order valence-electron chi connectivity index (χ2n) is 7.23. The van der Waals surface area contributed by atoms with E-state index in [1.807, 2.05) is 44.2 Å². The second kappa shape index (κ2) is 14.7. The first-order valence-corrected chi connectivity index (χ1v) is 12.7. The van der Waals surface area contributed by atoms with Crippen molar-refractivity contribution in [2.24, 2.45) is 0 Å². The molecular formula is C23H33N3O5S2. The Morgan fingerprint density at radius 2 is 1.67 bits per heavy atom. The van der Waals surface area contributed by atoms with Gasteiger partial charge in [0.25, 0.3) is 10.0 Å². The fraction of sp³-hybridized carbons (Fsp3) is 0.391. The lowest BCUT2D eigenvalue weighted by Crippen LogP contribution is -2.44. The van der Waals surface area contributed by atoms with Gasteiger partial charge in [0.1, 0.15) is 0 Å². The molecule has 0 spiro atoms. The molecule has 0 radical (unpaired) electrons. The molecular weight excluding hydrogens is 462 g/mol. The Hall–Kier alpha value is -2.40. The molecule has 0 unspecified atom stereocenters. The number of nitrogens with one attached hydrogen (secondary N) is 2. The van der Waals surface area contributed by atoms with Crippen LogP contribution in [0.15, 0.2) is 58.3 Å². The number of anilines is 1. The average molecular weight is 496 g/mol. The van der Waals surface area contributed by atoms with Crippen molar-refractivity contribution in [3.8, 4) is 0 Å². The van der Waals surface area contributed by atoms with E-state index in [1.165, 1.54) is 23.5 Å². The third-order valence-corrected chi connectivity index (χ3v) is 6.73. The summed E-state index contributed by atoms with van der Waals surface area (Å²) in [7, 11) is -3.86. The molecule has 0 heterocycles. The summed E-state index contributed by atoms with van der Waals surface area (Å²) in [5.41, 5.74) is 3.70. The van der Waals surface area contributed by atoms with Crippen molar-refractivity contribution in [2.45, 2.75) is 56.2 Å². The van der Waals surface area contributed by atoms with Crippen molar-refractivity contribution in [3.63, 3.8) is 0 Å². The third kappa shape index (κ3) is 9.95. The lowest BCUT2D eigenvalue weighted by atomic mass is 10.2. The predicted octanol–water partition coefficient (Wildman–Crippen LogP) is 4.41. The van der Waals surface area contributed by atoms with E-state index in [9.17, 15) is 18.0 Å². The van der Waals surface area contributed by atoms with Crippen LogP contribution in [0.5, 0.6) is 0 Å². The monoisotopic (exact) mass is 495 g/mol. The molecule has 0 aliphatic heterocycles. The molecule has 1 amide bonds. The average Bonchev–Trinajstić information content (AvgIpc) is 2.76. The van der Waals surface area contributed by atoms with E-state index >= 15 is 0 Å². The molecule has 8 nitrogen and oxygen atoms in total. The number of carbonyl (C=O) groups excluding carboxylic acids is 1. The number of sulfonamides is 1. The van der Waals surface area contributed by atoms with Crippen LogP contribution in [0.3, 0.4) is 0 Å². The molecule has 0 saturated heterocycles. The number of amides is 1. The number of carbonyl (C=O) groups is 2. The highest BCUT2D eigenvalue weighted by molar-refractivity contribution is 7.90. The van der Waals surface area contributed by atoms with Gasteiger partial charge >= 0.3 is 5.97 Å². The maximum Gasteiger partial charge on any atom is 0.335 e. The minimum atomic E-state index is -3.86. The number of thiol groups is 1. The van der Waals surface area contributed by atoms with Gasteiger partial charge in [0.05, 0.1) is 10.5 Å². The number of carboxylic acid groups (broad SMARTS) is 1. The number of hydrazine groups is 1. The summed E-state index contributed by atoms with van der Waals surface area (Å²) >= 11 is 4.18. The quantitative estimate of drug-likeness (QED) is 0.208. The molecule has 0 aromatic heterocycles. The summed E-state index contributed by atoms with van der Waals surface area (Å²) in [6.07, 6.45) is 3.35. The van der Waals surface area contributed by atoms with Gasteiger partial charge in [0, 0.05) is 30.6 Å². The highest BCUT2D eigenvalue weighted by Crippen LogP contribution is 2.24. The summed E-state index contributed by atoms with van der Waals surface area (Å²) in [6, 6.07) is 13.2. The van der Waals surface area contributed by atoms with Crippen LogP contribution in [0, 0.1) is 0 Å². The van der Waals surface area contributed by atoms with Crippen LogP contribution in [-0.4, -0.2) is 42.9 Å². The molecule has 10 heteroatoms. The van der Waals surface area contributed by atoms with Crippen LogP contribution in [0.25, 0.3) is 0 Å². The van der Waals surface area contributed by atoms with E-state index < -0.39 is 16.0 Å². The minimum Gasteiger partial charge on any atom is -0.478 e. The normalized spacial score (nSPS) is 10.9. The van der Waals surface area contributed by atoms with Crippen LogP contribution in [0.2, 0.25) is 0 Å². The largest absolute Gasteiger partial charge is 0.478 e. The van der Waals surface area contributed by atoms with Gasteiger partial charge in [-0.2, -0.15) is 0 Å². The standard InChI is InChI=1S/C15H24N2O4S2.C8H9NO/c1-3-5-9-16-17(10-6-4-2)23(20,21)14-11-12(15(18)19)7-8-13(14)22;1-7(10)9-8-5-3-2-4-6-8/h7-8,11,16,22H,3-6,9-10H2,1-2H3,(H,18,19);2-6H,1H3,(H,9,10). The fourth-order valence-corrected chi connectivity index (χ4v) is 4.63. The van der Waals surface area contributed by atoms with Gasteiger partial charge in [-0.3, -0.25) is 4.79 Å².